The van der Waals surface area contributed by atoms with Crippen molar-refractivity contribution >= 4 is 11.6 Å². The van der Waals surface area contributed by atoms with E-state index in [0.717, 1.165) is 11.1 Å². The Morgan fingerprint density at radius 3 is 2.47 bits per heavy atom. The van der Waals surface area contributed by atoms with E-state index < -0.39 is 0 Å². The number of hydrogen-bond acceptors (Lipinski definition) is 3. The summed E-state index contributed by atoms with van der Waals surface area (Å²) in [5.41, 5.74) is 2.13. The van der Waals surface area contributed by atoms with E-state index in [4.69, 9.17) is 4.74 Å². The van der Waals surface area contributed by atoms with Gasteiger partial charge in [0, 0.05) is 12.5 Å². The quantitative estimate of drug-likeness (QED) is 0.510. The van der Waals surface area contributed by atoms with Crippen LogP contribution in [0.1, 0.15) is 27.2 Å². The zero-order valence-corrected chi connectivity index (χ0v) is 9.37. The first-order chi connectivity index (χ1) is 7.07. The molecule has 0 unspecified atom stereocenters. The summed E-state index contributed by atoms with van der Waals surface area (Å²) in [6.07, 6.45) is 0.612. The van der Waals surface area contributed by atoms with Gasteiger partial charge in [0.25, 0.3) is 0 Å². The molecule has 0 radical (unpaired) electrons. The maximum absolute atomic E-state index is 11.8. The van der Waals surface area contributed by atoms with Gasteiger partial charge in [-0.3, -0.25) is 9.59 Å². The maximum Gasteiger partial charge on any atom is 0.208 e. The molecule has 0 heterocycles. The standard InChI is InChI=1S/C12H16O3/c1-4-15-9-5-8-6(2)7(3)10(9)12(14)11(8)13/h8-10H,4-5H2,1-3H3/t8-,9-,10-/m1/s1. The molecule has 0 N–H and O–H groups in total. The predicted octanol–water partition coefficient (Wildman–Crippen LogP) is 1.52. The van der Waals surface area contributed by atoms with Gasteiger partial charge in [-0.15, -0.1) is 0 Å². The third-order valence-electron chi connectivity index (χ3n) is 3.67. The lowest BCUT2D eigenvalue weighted by Gasteiger charge is -2.41. The molecule has 0 aromatic heterocycles. The molecule has 1 fully saturated rings. The molecule has 2 bridgehead atoms. The number of fused-ring (bicyclic) bond motifs is 2. The third-order valence-corrected chi connectivity index (χ3v) is 3.67. The number of ketones is 2. The van der Waals surface area contributed by atoms with Crippen LogP contribution in [-0.4, -0.2) is 24.3 Å². The molecule has 0 spiro atoms. The summed E-state index contributed by atoms with van der Waals surface area (Å²) in [6, 6.07) is 0. The van der Waals surface area contributed by atoms with Crippen LogP contribution in [0.2, 0.25) is 0 Å². The average Bonchev–Trinajstić information content (AvgIpc) is 2.20. The second-order valence-corrected chi connectivity index (χ2v) is 4.35. The minimum absolute atomic E-state index is 0.0751. The normalized spacial score (nSPS) is 35.3. The van der Waals surface area contributed by atoms with Crippen molar-refractivity contribution in [2.45, 2.75) is 33.3 Å². The van der Waals surface area contributed by atoms with E-state index in [0.29, 0.717) is 13.0 Å². The minimum atomic E-state index is -0.303. The fraction of sp³-hybridized carbons (Fsp3) is 0.667. The number of carbonyl (C=O) groups excluding carboxylic acids is 2. The molecule has 15 heavy (non-hydrogen) atoms. The van der Waals surface area contributed by atoms with Gasteiger partial charge in [0.1, 0.15) is 0 Å². The van der Waals surface area contributed by atoms with Gasteiger partial charge in [-0.1, -0.05) is 11.1 Å². The molecule has 82 valence electrons. The van der Waals surface area contributed by atoms with Gasteiger partial charge in [-0.05, 0) is 27.2 Å². The van der Waals surface area contributed by atoms with Gasteiger partial charge < -0.3 is 4.74 Å². The highest BCUT2D eigenvalue weighted by molar-refractivity contribution is 6.41. The van der Waals surface area contributed by atoms with Crippen molar-refractivity contribution in [3.05, 3.63) is 11.1 Å². The molecule has 3 aliphatic carbocycles. The van der Waals surface area contributed by atoms with Crippen molar-refractivity contribution in [2.75, 3.05) is 6.61 Å². The van der Waals surface area contributed by atoms with Crippen molar-refractivity contribution in [1.82, 2.24) is 0 Å². The van der Waals surface area contributed by atoms with E-state index in [1.165, 1.54) is 0 Å². The summed E-state index contributed by atoms with van der Waals surface area (Å²) in [4.78, 5) is 23.4. The molecular weight excluding hydrogens is 192 g/mol. The van der Waals surface area contributed by atoms with Gasteiger partial charge in [0.05, 0.1) is 12.0 Å². The Balaban J connectivity index is 2.39. The third kappa shape index (κ3) is 1.37. The number of hydrogen-bond donors (Lipinski definition) is 0. The first-order valence-corrected chi connectivity index (χ1v) is 5.44. The van der Waals surface area contributed by atoms with Crippen molar-refractivity contribution in [1.29, 1.82) is 0 Å². The van der Waals surface area contributed by atoms with E-state index in [1.54, 1.807) is 0 Å². The van der Waals surface area contributed by atoms with Crippen LogP contribution in [-0.2, 0) is 14.3 Å². The van der Waals surface area contributed by atoms with Crippen LogP contribution in [0.3, 0.4) is 0 Å². The Kier molecular flexibility index (Phi) is 2.51. The lowest BCUT2D eigenvalue weighted by Crippen LogP contribution is -2.50. The lowest BCUT2D eigenvalue weighted by molar-refractivity contribution is -0.149. The summed E-state index contributed by atoms with van der Waals surface area (Å²) in [5, 5.41) is 0. The van der Waals surface area contributed by atoms with Crippen molar-refractivity contribution in [3.8, 4) is 0 Å². The Hall–Kier alpha value is -0.960. The maximum atomic E-state index is 11.8. The van der Waals surface area contributed by atoms with Crippen LogP contribution in [0.15, 0.2) is 11.1 Å². The number of ether oxygens (including phenoxy) is 1. The SMILES string of the molecule is CCO[C@@H]1C[C@H]2C(=O)C(=O)[C@@H]1C(C)=C2C. The molecule has 3 atom stereocenters. The summed E-state index contributed by atoms with van der Waals surface area (Å²) >= 11 is 0. The number of carbonyl (C=O) groups is 2. The zero-order valence-electron chi connectivity index (χ0n) is 9.37. The van der Waals surface area contributed by atoms with Crippen LogP contribution in [0.5, 0.6) is 0 Å². The Morgan fingerprint density at radius 1 is 1.20 bits per heavy atom. The van der Waals surface area contributed by atoms with Crippen molar-refractivity contribution in [3.63, 3.8) is 0 Å². The molecule has 1 saturated carbocycles. The second-order valence-electron chi connectivity index (χ2n) is 4.35. The topological polar surface area (TPSA) is 43.4 Å². The highest BCUT2D eigenvalue weighted by Crippen LogP contribution is 2.42. The van der Waals surface area contributed by atoms with Crippen molar-refractivity contribution < 1.29 is 14.3 Å². The fourth-order valence-electron chi connectivity index (χ4n) is 2.72. The average molecular weight is 208 g/mol. The molecule has 0 saturated heterocycles. The molecule has 3 aliphatic rings. The van der Waals surface area contributed by atoms with Gasteiger partial charge >= 0.3 is 0 Å². The molecule has 3 nitrogen and oxygen atoms in total. The van der Waals surface area contributed by atoms with Gasteiger partial charge in [0.2, 0.25) is 11.6 Å². The molecular formula is C12H16O3. The number of Topliss-reactive ketones (excluding diaryl/α,β-unsaturated/α-hetero) is 2. The summed E-state index contributed by atoms with van der Waals surface area (Å²) < 4.78 is 5.55. The number of rotatable bonds is 2. The largest absolute Gasteiger partial charge is 0.377 e. The smallest absolute Gasteiger partial charge is 0.208 e. The Morgan fingerprint density at radius 2 is 1.87 bits per heavy atom. The monoisotopic (exact) mass is 208 g/mol. The van der Waals surface area contributed by atoms with E-state index in [2.05, 4.69) is 0 Å². The van der Waals surface area contributed by atoms with Gasteiger partial charge in [-0.2, -0.15) is 0 Å². The van der Waals surface area contributed by atoms with E-state index in [9.17, 15) is 9.59 Å². The summed E-state index contributed by atoms with van der Waals surface area (Å²) in [7, 11) is 0. The Labute approximate surface area is 89.5 Å². The van der Waals surface area contributed by atoms with Crippen LogP contribution in [0.4, 0.5) is 0 Å². The fourth-order valence-corrected chi connectivity index (χ4v) is 2.72. The van der Waals surface area contributed by atoms with Gasteiger partial charge in [-0.25, -0.2) is 0 Å². The molecule has 0 aromatic carbocycles. The van der Waals surface area contributed by atoms with Crippen LogP contribution >= 0.6 is 0 Å². The number of allylic oxidation sites excluding steroid dienone is 1. The molecule has 0 aromatic rings. The Bertz CT molecular complexity index is 354. The van der Waals surface area contributed by atoms with Crippen LogP contribution in [0.25, 0.3) is 0 Å². The first-order valence-electron chi connectivity index (χ1n) is 5.44. The second kappa shape index (κ2) is 3.56. The van der Waals surface area contributed by atoms with Crippen LogP contribution < -0.4 is 0 Å². The summed E-state index contributed by atoms with van der Waals surface area (Å²) in [5.74, 6) is -0.964. The van der Waals surface area contributed by atoms with E-state index >= 15 is 0 Å². The van der Waals surface area contributed by atoms with Crippen LogP contribution in [0, 0.1) is 11.8 Å². The predicted molar refractivity (Wildman–Crippen MR) is 55.4 cm³/mol. The summed E-state index contributed by atoms with van der Waals surface area (Å²) in [6.45, 7) is 6.42. The minimum Gasteiger partial charge on any atom is -0.377 e. The zero-order chi connectivity index (χ0) is 11.2. The van der Waals surface area contributed by atoms with E-state index in [-0.39, 0.29) is 29.5 Å². The highest BCUT2D eigenvalue weighted by Gasteiger charge is 2.49. The molecule has 3 rings (SSSR count). The lowest BCUT2D eigenvalue weighted by atomic mass is 9.65. The molecule has 0 amide bonds. The first kappa shape index (κ1) is 10.6. The molecule has 3 heteroatoms. The van der Waals surface area contributed by atoms with Gasteiger partial charge in [0.15, 0.2) is 0 Å². The molecule has 0 aliphatic heterocycles. The van der Waals surface area contributed by atoms with Crippen molar-refractivity contribution in [2.24, 2.45) is 11.8 Å². The van der Waals surface area contributed by atoms with E-state index in [1.807, 2.05) is 20.8 Å². The highest BCUT2D eigenvalue weighted by atomic mass is 16.5.